The van der Waals surface area contributed by atoms with Crippen LogP contribution < -0.4 is 5.32 Å². The molecule has 20 heavy (non-hydrogen) atoms. The Balaban J connectivity index is 1.98. The Labute approximate surface area is 127 Å². The zero-order valence-electron chi connectivity index (χ0n) is 11.3. The predicted molar refractivity (Wildman–Crippen MR) is 87.6 cm³/mol. The Bertz CT molecular complexity index is 617. The largest absolute Gasteiger partial charge is 0.323 e. The molecule has 3 heteroatoms. The van der Waals surface area contributed by atoms with Gasteiger partial charge >= 0.3 is 0 Å². The lowest BCUT2D eigenvalue weighted by atomic mass is 10.1. The highest BCUT2D eigenvalue weighted by atomic mass is 79.9. The van der Waals surface area contributed by atoms with Crippen molar-refractivity contribution in [2.24, 2.45) is 0 Å². The topological polar surface area (TPSA) is 29.1 Å². The number of hydrogen-bond donors (Lipinski definition) is 1. The predicted octanol–water partition coefficient (Wildman–Crippen LogP) is 4.66. The standard InChI is InChI=1S/C17H16BrNO/c1-2-13-6-9-16(10-7-13)19-17(20)11-8-14-4-3-5-15(18)12-14/h3-12H,2H2,1H3,(H,19,20)/b11-8+. The monoisotopic (exact) mass is 329 g/mol. The molecule has 0 bridgehead atoms. The van der Waals surface area contributed by atoms with E-state index in [1.807, 2.05) is 48.5 Å². The minimum Gasteiger partial charge on any atom is -0.323 e. The average molecular weight is 330 g/mol. The van der Waals surface area contributed by atoms with Gasteiger partial charge in [0.05, 0.1) is 0 Å². The molecule has 0 aromatic heterocycles. The molecule has 0 aliphatic carbocycles. The lowest BCUT2D eigenvalue weighted by Crippen LogP contribution is -2.07. The van der Waals surface area contributed by atoms with Gasteiger partial charge in [0, 0.05) is 16.2 Å². The lowest BCUT2D eigenvalue weighted by molar-refractivity contribution is -0.111. The van der Waals surface area contributed by atoms with Crippen LogP contribution in [0.1, 0.15) is 18.1 Å². The van der Waals surface area contributed by atoms with E-state index < -0.39 is 0 Å². The van der Waals surface area contributed by atoms with Crippen molar-refractivity contribution in [2.75, 3.05) is 5.32 Å². The van der Waals surface area contributed by atoms with Gasteiger partial charge in [0.2, 0.25) is 5.91 Å². The molecule has 0 spiro atoms. The second-order valence-electron chi connectivity index (χ2n) is 4.43. The normalized spacial score (nSPS) is 10.7. The minimum absolute atomic E-state index is 0.130. The molecule has 0 saturated heterocycles. The third-order valence-electron chi connectivity index (χ3n) is 2.91. The van der Waals surface area contributed by atoms with Gasteiger partial charge in [0.25, 0.3) is 0 Å². The number of carbonyl (C=O) groups excluding carboxylic acids is 1. The van der Waals surface area contributed by atoms with Crippen molar-refractivity contribution in [3.8, 4) is 0 Å². The van der Waals surface area contributed by atoms with Crippen LogP contribution in [-0.4, -0.2) is 5.91 Å². The Morgan fingerprint density at radius 3 is 2.60 bits per heavy atom. The molecule has 0 aliphatic rings. The van der Waals surface area contributed by atoms with Crippen LogP contribution in [0.5, 0.6) is 0 Å². The van der Waals surface area contributed by atoms with Crippen molar-refractivity contribution in [1.29, 1.82) is 0 Å². The molecule has 0 atom stereocenters. The first-order chi connectivity index (χ1) is 9.67. The number of carbonyl (C=O) groups is 1. The number of nitrogens with one attached hydrogen (secondary N) is 1. The Hall–Kier alpha value is -1.87. The summed E-state index contributed by atoms with van der Waals surface area (Å²) in [5.41, 5.74) is 3.05. The second-order valence-corrected chi connectivity index (χ2v) is 5.34. The quantitative estimate of drug-likeness (QED) is 0.812. The fourth-order valence-corrected chi connectivity index (χ4v) is 2.21. The lowest BCUT2D eigenvalue weighted by Gasteiger charge is -2.03. The van der Waals surface area contributed by atoms with Gasteiger partial charge in [-0.2, -0.15) is 0 Å². The number of aryl methyl sites for hydroxylation is 1. The van der Waals surface area contributed by atoms with Crippen LogP contribution in [0.15, 0.2) is 59.1 Å². The summed E-state index contributed by atoms with van der Waals surface area (Å²) >= 11 is 3.40. The third kappa shape index (κ3) is 4.35. The maximum Gasteiger partial charge on any atom is 0.248 e. The first-order valence-corrected chi connectivity index (χ1v) is 7.30. The number of halogens is 1. The van der Waals surface area contributed by atoms with Gasteiger partial charge in [-0.3, -0.25) is 4.79 Å². The first-order valence-electron chi connectivity index (χ1n) is 6.51. The van der Waals surface area contributed by atoms with Crippen molar-refractivity contribution >= 4 is 33.6 Å². The van der Waals surface area contributed by atoms with E-state index in [-0.39, 0.29) is 5.91 Å². The van der Waals surface area contributed by atoms with Crippen molar-refractivity contribution in [2.45, 2.75) is 13.3 Å². The van der Waals surface area contributed by atoms with Crippen LogP contribution in [0, 0.1) is 0 Å². The van der Waals surface area contributed by atoms with Crippen molar-refractivity contribution in [3.05, 3.63) is 70.2 Å². The van der Waals surface area contributed by atoms with Crippen LogP contribution >= 0.6 is 15.9 Å². The molecule has 1 N–H and O–H groups in total. The van der Waals surface area contributed by atoms with E-state index in [2.05, 4.69) is 28.2 Å². The van der Waals surface area contributed by atoms with E-state index in [1.165, 1.54) is 11.6 Å². The molecule has 2 rings (SSSR count). The fraction of sp³-hybridized carbons (Fsp3) is 0.118. The van der Waals surface area contributed by atoms with E-state index in [0.717, 1.165) is 22.1 Å². The summed E-state index contributed by atoms with van der Waals surface area (Å²) in [7, 11) is 0. The number of rotatable bonds is 4. The number of hydrogen-bond acceptors (Lipinski definition) is 1. The van der Waals surface area contributed by atoms with Crippen LogP contribution in [0.4, 0.5) is 5.69 Å². The zero-order chi connectivity index (χ0) is 14.4. The Morgan fingerprint density at radius 1 is 1.20 bits per heavy atom. The molecule has 2 aromatic carbocycles. The van der Waals surface area contributed by atoms with Gasteiger partial charge in [-0.1, -0.05) is 47.1 Å². The number of benzene rings is 2. The molecule has 0 heterocycles. The van der Waals surface area contributed by atoms with Crippen molar-refractivity contribution < 1.29 is 4.79 Å². The van der Waals surface area contributed by atoms with E-state index in [1.54, 1.807) is 6.08 Å². The van der Waals surface area contributed by atoms with Gasteiger partial charge in [0.1, 0.15) is 0 Å². The van der Waals surface area contributed by atoms with Gasteiger partial charge in [-0.15, -0.1) is 0 Å². The van der Waals surface area contributed by atoms with Gasteiger partial charge < -0.3 is 5.32 Å². The van der Waals surface area contributed by atoms with Gasteiger partial charge in [0.15, 0.2) is 0 Å². The molecule has 0 fully saturated rings. The summed E-state index contributed by atoms with van der Waals surface area (Å²) in [5.74, 6) is -0.130. The molecule has 0 unspecified atom stereocenters. The minimum atomic E-state index is -0.130. The number of amides is 1. The maximum absolute atomic E-state index is 11.8. The van der Waals surface area contributed by atoms with Gasteiger partial charge in [-0.05, 0) is 47.9 Å². The summed E-state index contributed by atoms with van der Waals surface area (Å²) in [6.45, 7) is 2.11. The molecule has 102 valence electrons. The molecule has 0 aliphatic heterocycles. The summed E-state index contributed by atoms with van der Waals surface area (Å²) in [6.07, 6.45) is 4.33. The highest BCUT2D eigenvalue weighted by Crippen LogP contribution is 2.13. The van der Waals surface area contributed by atoms with Crippen LogP contribution in [0.3, 0.4) is 0 Å². The van der Waals surface area contributed by atoms with Crippen molar-refractivity contribution in [1.82, 2.24) is 0 Å². The van der Waals surface area contributed by atoms with Crippen LogP contribution in [0.2, 0.25) is 0 Å². The highest BCUT2D eigenvalue weighted by Gasteiger charge is 1.98. The fourth-order valence-electron chi connectivity index (χ4n) is 1.79. The Kier molecular flexibility index (Phi) is 5.13. The highest BCUT2D eigenvalue weighted by molar-refractivity contribution is 9.10. The maximum atomic E-state index is 11.8. The molecular formula is C17H16BrNO. The molecule has 1 amide bonds. The average Bonchev–Trinajstić information content (AvgIpc) is 2.46. The summed E-state index contributed by atoms with van der Waals surface area (Å²) in [5, 5.41) is 2.84. The summed E-state index contributed by atoms with van der Waals surface area (Å²) in [4.78, 5) is 11.8. The molecule has 0 saturated carbocycles. The molecular weight excluding hydrogens is 314 g/mol. The number of anilines is 1. The van der Waals surface area contributed by atoms with Crippen LogP contribution in [-0.2, 0) is 11.2 Å². The smallest absolute Gasteiger partial charge is 0.248 e. The van der Waals surface area contributed by atoms with Crippen LogP contribution in [0.25, 0.3) is 6.08 Å². The van der Waals surface area contributed by atoms with Crippen molar-refractivity contribution in [3.63, 3.8) is 0 Å². The van der Waals surface area contributed by atoms with E-state index in [9.17, 15) is 4.79 Å². The SMILES string of the molecule is CCc1ccc(NC(=O)/C=C/c2cccc(Br)c2)cc1. The summed E-state index contributed by atoms with van der Waals surface area (Å²) in [6, 6.07) is 15.7. The molecule has 0 radical (unpaired) electrons. The van der Waals surface area contributed by atoms with E-state index in [0.29, 0.717) is 0 Å². The second kappa shape index (κ2) is 7.06. The molecule has 2 nitrogen and oxygen atoms in total. The first kappa shape index (κ1) is 14.5. The van der Waals surface area contributed by atoms with E-state index in [4.69, 9.17) is 0 Å². The van der Waals surface area contributed by atoms with E-state index >= 15 is 0 Å². The molecule has 2 aromatic rings. The zero-order valence-corrected chi connectivity index (χ0v) is 12.9. The third-order valence-corrected chi connectivity index (χ3v) is 3.40. The summed E-state index contributed by atoms with van der Waals surface area (Å²) < 4.78 is 0.996. The van der Waals surface area contributed by atoms with Gasteiger partial charge in [-0.25, -0.2) is 0 Å². The Morgan fingerprint density at radius 2 is 1.95 bits per heavy atom.